The molecule has 0 unspecified atom stereocenters. The molecular formula is C20H32O2. The predicted octanol–water partition coefficient (Wildman–Crippen LogP) is 3.61. The Balaban J connectivity index is 1.59. The molecule has 0 heterocycles. The van der Waals surface area contributed by atoms with E-state index in [1.165, 1.54) is 32.1 Å². The van der Waals surface area contributed by atoms with Crippen LogP contribution in [0, 0.1) is 45.3 Å². The van der Waals surface area contributed by atoms with E-state index in [-0.39, 0.29) is 23.5 Å². The Morgan fingerprint density at radius 1 is 1.00 bits per heavy atom. The van der Waals surface area contributed by atoms with Gasteiger partial charge in [0.05, 0.1) is 6.10 Å². The molecule has 124 valence electrons. The monoisotopic (exact) mass is 304 g/mol. The third-order valence-corrected chi connectivity index (χ3v) is 9.74. The van der Waals surface area contributed by atoms with E-state index in [2.05, 4.69) is 20.8 Å². The van der Waals surface area contributed by atoms with Gasteiger partial charge in [-0.1, -0.05) is 27.2 Å². The molecule has 0 aromatic rings. The van der Waals surface area contributed by atoms with Crippen LogP contribution >= 0.6 is 0 Å². The van der Waals surface area contributed by atoms with Crippen LogP contribution < -0.4 is 0 Å². The third-order valence-electron chi connectivity index (χ3n) is 9.74. The summed E-state index contributed by atoms with van der Waals surface area (Å²) in [4.78, 5) is 0. The first kappa shape index (κ1) is 14.3. The summed E-state index contributed by atoms with van der Waals surface area (Å²) in [6, 6.07) is 0. The van der Waals surface area contributed by atoms with Crippen molar-refractivity contribution in [2.75, 3.05) is 6.61 Å². The molecule has 22 heavy (non-hydrogen) atoms. The lowest BCUT2D eigenvalue weighted by Crippen LogP contribution is -2.63. The van der Waals surface area contributed by atoms with E-state index in [1.54, 1.807) is 0 Å². The summed E-state index contributed by atoms with van der Waals surface area (Å²) < 4.78 is 0. The van der Waals surface area contributed by atoms with Gasteiger partial charge in [0, 0.05) is 6.61 Å². The van der Waals surface area contributed by atoms with Crippen molar-refractivity contribution < 1.29 is 10.2 Å². The summed E-state index contributed by atoms with van der Waals surface area (Å²) in [5, 5.41) is 21.3. The molecule has 6 rings (SSSR count). The molecule has 6 fully saturated rings. The second kappa shape index (κ2) is 3.77. The lowest BCUT2D eigenvalue weighted by atomic mass is 9.39. The highest BCUT2D eigenvalue weighted by Gasteiger charge is 2.79. The van der Waals surface area contributed by atoms with E-state index in [0.717, 1.165) is 30.6 Å². The van der Waals surface area contributed by atoms with Crippen LogP contribution in [0.5, 0.6) is 0 Å². The van der Waals surface area contributed by atoms with Gasteiger partial charge in [0.2, 0.25) is 0 Å². The summed E-state index contributed by atoms with van der Waals surface area (Å²) in [7, 11) is 0. The van der Waals surface area contributed by atoms with Crippen molar-refractivity contribution in [3.05, 3.63) is 0 Å². The lowest BCUT2D eigenvalue weighted by molar-refractivity contribution is -0.218. The number of aliphatic hydroxyl groups is 2. The number of fused-ring (bicyclic) bond motifs is 1. The highest BCUT2D eigenvalue weighted by Crippen LogP contribution is 2.85. The van der Waals surface area contributed by atoms with Gasteiger partial charge in [-0.25, -0.2) is 0 Å². The van der Waals surface area contributed by atoms with Crippen LogP contribution in [0.3, 0.4) is 0 Å². The number of hydrogen-bond acceptors (Lipinski definition) is 2. The summed E-state index contributed by atoms with van der Waals surface area (Å²) in [6.45, 7) is 7.49. The van der Waals surface area contributed by atoms with Crippen LogP contribution in [-0.2, 0) is 0 Å². The van der Waals surface area contributed by atoms with Crippen LogP contribution in [0.1, 0.15) is 65.7 Å². The van der Waals surface area contributed by atoms with Crippen molar-refractivity contribution in [2.45, 2.75) is 71.8 Å². The largest absolute Gasteiger partial charge is 0.396 e. The highest BCUT2D eigenvalue weighted by molar-refractivity contribution is 5.27. The maximum atomic E-state index is 11.2. The van der Waals surface area contributed by atoms with Gasteiger partial charge < -0.3 is 10.2 Å². The molecule has 2 nitrogen and oxygen atoms in total. The molecule has 2 N–H and O–H groups in total. The molecule has 0 radical (unpaired) electrons. The van der Waals surface area contributed by atoms with Crippen molar-refractivity contribution >= 4 is 0 Å². The summed E-state index contributed by atoms with van der Waals surface area (Å²) in [5.41, 5.74) is 1.25. The topological polar surface area (TPSA) is 40.5 Å². The standard InChI is InChI=1S/C20H32O2/c1-17(11-21)5-4-6-18(2)15-7-12-13-8-20(15,10-19(12,13)3)9-14(22)16(17)18/h12-16,21-22H,4-11H2,1-3H3/t12-,13+,14-,15+,16-,17+,18+,19-,20-/m1/s1. The normalized spacial score (nSPS) is 68.3. The first-order chi connectivity index (χ1) is 10.3. The average molecular weight is 304 g/mol. The van der Waals surface area contributed by atoms with E-state index >= 15 is 0 Å². The maximum absolute atomic E-state index is 11.2. The first-order valence-corrected chi connectivity index (χ1v) is 9.58. The van der Waals surface area contributed by atoms with Gasteiger partial charge in [-0.05, 0) is 83.9 Å². The van der Waals surface area contributed by atoms with Crippen LogP contribution in [0.2, 0.25) is 0 Å². The molecule has 6 aliphatic carbocycles. The van der Waals surface area contributed by atoms with Crippen molar-refractivity contribution in [2.24, 2.45) is 45.3 Å². The molecule has 1 spiro atoms. The minimum Gasteiger partial charge on any atom is -0.396 e. The summed E-state index contributed by atoms with van der Waals surface area (Å²) in [6.07, 6.45) is 8.61. The van der Waals surface area contributed by atoms with Gasteiger partial charge in [-0.2, -0.15) is 0 Å². The molecule has 0 aliphatic heterocycles. The zero-order chi connectivity index (χ0) is 15.5. The predicted molar refractivity (Wildman–Crippen MR) is 86.1 cm³/mol. The molecule has 0 saturated heterocycles. The number of rotatable bonds is 1. The Bertz CT molecular complexity index is 532. The van der Waals surface area contributed by atoms with Gasteiger partial charge in [0.15, 0.2) is 0 Å². The minimum absolute atomic E-state index is 0.0680. The zero-order valence-corrected chi connectivity index (χ0v) is 14.4. The minimum atomic E-state index is -0.198. The number of hydrogen-bond donors (Lipinski definition) is 2. The van der Waals surface area contributed by atoms with E-state index in [1.807, 2.05) is 0 Å². The van der Waals surface area contributed by atoms with Crippen molar-refractivity contribution in [3.63, 3.8) is 0 Å². The van der Waals surface area contributed by atoms with E-state index in [4.69, 9.17) is 0 Å². The molecular weight excluding hydrogens is 272 g/mol. The second-order valence-electron chi connectivity index (χ2n) is 10.7. The smallest absolute Gasteiger partial charge is 0.0585 e. The maximum Gasteiger partial charge on any atom is 0.0585 e. The summed E-state index contributed by atoms with van der Waals surface area (Å²) in [5.74, 6) is 3.06. The van der Waals surface area contributed by atoms with Gasteiger partial charge >= 0.3 is 0 Å². The zero-order valence-electron chi connectivity index (χ0n) is 14.4. The fourth-order valence-corrected chi connectivity index (χ4v) is 9.13. The van der Waals surface area contributed by atoms with Gasteiger partial charge in [0.1, 0.15) is 0 Å². The third kappa shape index (κ3) is 1.34. The average Bonchev–Trinajstić information content (AvgIpc) is 2.89. The van der Waals surface area contributed by atoms with Crippen LogP contribution in [-0.4, -0.2) is 22.9 Å². The molecule has 9 atom stereocenters. The van der Waals surface area contributed by atoms with Gasteiger partial charge in [0.25, 0.3) is 0 Å². The highest BCUT2D eigenvalue weighted by atomic mass is 16.3. The van der Waals surface area contributed by atoms with Crippen LogP contribution in [0.15, 0.2) is 0 Å². The molecule has 0 aromatic carbocycles. The van der Waals surface area contributed by atoms with Crippen molar-refractivity contribution in [1.29, 1.82) is 0 Å². The Morgan fingerprint density at radius 3 is 2.41 bits per heavy atom. The first-order valence-electron chi connectivity index (χ1n) is 9.58. The molecule has 0 aromatic heterocycles. The Kier molecular flexibility index (Phi) is 2.45. The van der Waals surface area contributed by atoms with Gasteiger partial charge in [-0.15, -0.1) is 0 Å². The number of aliphatic hydroxyl groups excluding tert-OH is 2. The van der Waals surface area contributed by atoms with E-state index in [9.17, 15) is 10.2 Å². The molecule has 6 aliphatic rings. The van der Waals surface area contributed by atoms with Gasteiger partial charge in [-0.3, -0.25) is 0 Å². The van der Waals surface area contributed by atoms with Crippen LogP contribution in [0.25, 0.3) is 0 Å². The Hall–Kier alpha value is -0.0800. The fraction of sp³-hybridized carbons (Fsp3) is 1.00. The van der Waals surface area contributed by atoms with E-state index < -0.39 is 0 Å². The molecule has 2 heteroatoms. The molecule has 4 bridgehead atoms. The molecule has 0 amide bonds. The Labute approximate surface area is 134 Å². The van der Waals surface area contributed by atoms with Crippen molar-refractivity contribution in [1.82, 2.24) is 0 Å². The SMILES string of the molecule is C[C@@]1(CO)CCC[C@]2(C)[C@@H]1[C@H](O)C[C@@]13C[C@H]4[C@@H](C[C@H]12)[C@@]4(C)C3. The van der Waals surface area contributed by atoms with Crippen molar-refractivity contribution in [3.8, 4) is 0 Å². The second-order valence-corrected chi connectivity index (χ2v) is 10.7. The lowest BCUT2D eigenvalue weighted by Gasteiger charge is -2.67. The fourth-order valence-electron chi connectivity index (χ4n) is 9.13. The molecule has 6 saturated carbocycles. The van der Waals surface area contributed by atoms with Crippen LogP contribution in [0.4, 0.5) is 0 Å². The Morgan fingerprint density at radius 2 is 1.77 bits per heavy atom. The quantitative estimate of drug-likeness (QED) is 0.777. The van der Waals surface area contributed by atoms with E-state index in [0.29, 0.717) is 16.7 Å². The summed E-state index contributed by atoms with van der Waals surface area (Å²) >= 11 is 0.